The molecule has 3 nitrogen and oxygen atoms in total. The number of hydrogen-bond acceptors (Lipinski definition) is 4. The van der Waals surface area contributed by atoms with E-state index in [2.05, 4.69) is 22.1 Å². The van der Waals surface area contributed by atoms with E-state index in [1.165, 1.54) is 37.2 Å². The second-order valence-corrected chi connectivity index (χ2v) is 5.34. The van der Waals surface area contributed by atoms with Gasteiger partial charge in [0.05, 0.1) is 0 Å². The summed E-state index contributed by atoms with van der Waals surface area (Å²) in [7, 11) is 0. The van der Waals surface area contributed by atoms with Crippen LogP contribution in [0.25, 0.3) is 0 Å². The predicted octanol–water partition coefficient (Wildman–Crippen LogP) is 2.35. The molecular formula is C11H19N3S. The van der Waals surface area contributed by atoms with E-state index in [-0.39, 0.29) is 0 Å². The van der Waals surface area contributed by atoms with Crippen LogP contribution >= 0.6 is 11.3 Å². The van der Waals surface area contributed by atoms with E-state index in [9.17, 15) is 0 Å². The van der Waals surface area contributed by atoms with Crippen molar-refractivity contribution in [2.24, 2.45) is 0 Å². The van der Waals surface area contributed by atoms with E-state index in [1.807, 2.05) is 6.20 Å². The molecule has 1 aromatic heterocycles. The monoisotopic (exact) mass is 225 g/mol. The Labute approximate surface area is 95.5 Å². The first-order valence-electron chi connectivity index (χ1n) is 5.73. The highest BCUT2D eigenvalue weighted by molar-refractivity contribution is 7.15. The van der Waals surface area contributed by atoms with Gasteiger partial charge < -0.3 is 10.2 Å². The summed E-state index contributed by atoms with van der Waals surface area (Å²) in [5.41, 5.74) is 0. The number of anilines is 1. The highest BCUT2D eigenvalue weighted by Crippen LogP contribution is 2.16. The summed E-state index contributed by atoms with van der Waals surface area (Å²) in [5, 5.41) is 4.44. The second-order valence-electron chi connectivity index (χ2n) is 4.11. The minimum absolute atomic E-state index is 1.02. The van der Waals surface area contributed by atoms with Gasteiger partial charge in [-0.2, -0.15) is 0 Å². The van der Waals surface area contributed by atoms with Crippen LogP contribution in [0.2, 0.25) is 0 Å². The Morgan fingerprint density at radius 1 is 1.40 bits per heavy atom. The number of likely N-dealkylation sites (tertiary alicyclic amines) is 1. The van der Waals surface area contributed by atoms with E-state index in [0.717, 1.165) is 18.2 Å². The molecule has 0 aliphatic carbocycles. The minimum atomic E-state index is 1.02. The van der Waals surface area contributed by atoms with Crippen molar-refractivity contribution in [2.75, 3.05) is 31.5 Å². The van der Waals surface area contributed by atoms with Crippen LogP contribution in [-0.2, 0) is 0 Å². The summed E-state index contributed by atoms with van der Waals surface area (Å²) in [6.45, 7) is 6.82. The van der Waals surface area contributed by atoms with Crippen molar-refractivity contribution in [3.63, 3.8) is 0 Å². The summed E-state index contributed by atoms with van der Waals surface area (Å²) in [6, 6.07) is 0. The minimum Gasteiger partial charge on any atom is -0.360 e. The van der Waals surface area contributed by atoms with E-state index in [0.29, 0.717) is 0 Å². The summed E-state index contributed by atoms with van der Waals surface area (Å²) in [6.07, 6.45) is 6.08. The Balaban J connectivity index is 1.65. The van der Waals surface area contributed by atoms with Gasteiger partial charge in [0.2, 0.25) is 0 Å². The topological polar surface area (TPSA) is 28.2 Å². The molecule has 1 saturated heterocycles. The van der Waals surface area contributed by atoms with Crippen molar-refractivity contribution in [1.29, 1.82) is 0 Å². The van der Waals surface area contributed by atoms with E-state index < -0.39 is 0 Å². The first-order valence-corrected chi connectivity index (χ1v) is 6.55. The van der Waals surface area contributed by atoms with Crippen LogP contribution in [0.5, 0.6) is 0 Å². The molecule has 1 fully saturated rings. The van der Waals surface area contributed by atoms with E-state index >= 15 is 0 Å². The number of piperidine rings is 1. The van der Waals surface area contributed by atoms with Crippen LogP contribution < -0.4 is 5.32 Å². The maximum absolute atomic E-state index is 4.29. The Morgan fingerprint density at radius 3 is 2.87 bits per heavy atom. The zero-order valence-corrected chi connectivity index (χ0v) is 10.1. The van der Waals surface area contributed by atoms with Crippen molar-refractivity contribution in [3.05, 3.63) is 11.1 Å². The molecule has 0 bridgehead atoms. The third kappa shape index (κ3) is 3.47. The molecule has 1 aromatic rings. The van der Waals surface area contributed by atoms with Gasteiger partial charge in [-0.25, -0.2) is 4.98 Å². The zero-order valence-electron chi connectivity index (χ0n) is 9.33. The molecular weight excluding hydrogens is 206 g/mol. The van der Waals surface area contributed by atoms with Crippen LogP contribution in [0, 0.1) is 6.92 Å². The van der Waals surface area contributed by atoms with Gasteiger partial charge >= 0.3 is 0 Å². The van der Waals surface area contributed by atoms with Crippen molar-refractivity contribution in [1.82, 2.24) is 9.88 Å². The standard InChI is InChI=1S/C11H19N3S/c1-10-9-13-11(15-10)12-5-8-14-6-3-2-4-7-14/h9H,2-8H2,1H3,(H,12,13). The predicted molar refractivity (Wildman–Crippen MR) is 65.6 cm³/mol. The molecule has 0 amide bonds. The van der Waals surface area contributed by atoms with Gasteiger partial charge in [0.1, 0.15) is 0 Å². The lowest BCUT2D eigenvalue weighted by Crippen LogP contribution is -2.33. The van der Waals surface area contributed by atoms with Crippen molar-refractivity contribution in [3.8, 4) is 0 Å². The molecule has 1 N–H and O–H groups in total. The quantitative estimate of drug-likeness (QED) is 0.852. The number of nitrogens with zero attached hydrogens (tertiary/aromatic N) is 2. The molecule has 1 aliphatic rings. The van der Waals surface area contributed by atoms with E-state index in [4.69, 9.17) is 0 Å². The van der Waals surface area contributed by atoms with Crippen LogP contribution in [0.3, 0.4) is 0 Å². The first-order chi connectivity index (χ1) is 7.34. The molecule has 0 unspecified atom stereocenters. The number of aryl methyl sites for hydroxylation is 1. The molecule has 1 aliphatic heterocycles. The van der Waals surface area contributed by atoms with Crippen LogP contribution in [-0.4, -0.2) is 36.1 Å². The lowest BCUT2D eigenvalue weighted by atomic mass is 10.1. The largest absolute Gasteiger partial charge is 0.360 e. The molecule has 2 heterocycles. The van der Waals surface area contributed by atoms with Crippen LogP contribution in [0.4, 0.5) is 5.13 Å². The van der Waals surface area contributed by atoms with E-state index in [1.54, 1.807) is 11.3 Å². The number of nitrogens with one attached hydrogen (secondary N) is 1. The smallest absolute Gasteiger partial charge is 0.182 e. The number of hydrogen-bond donors (Lipinski definition) is 1. The summed E-state index contributed by atoms with van der Waals surface area (Å²) < 4.78 is 0. The summed E-state index contributed by atoms with van der Waals surface area (Å²) in [4.78, 5) is 8.10. The Hall–Kier alpha value is -0.610. The average molecular weight is 225 g/mol. The lowest BCUT2D eigenvalue weighted by molar-refractivity contribution is 0.237. The zero-order chi connectivity index (χ0) is 10.5. The van der Waals surface area contributed by atoms with Gasteiger partial charge in [0, 0.05) is 24.2 Å². The van der Waals surface area contributed by atoms with Crippen molar-refractivity contribution >= 4 is 16.5 Å². The van der Waals surface area contributed by atoms with Crippen LogP contribution in [0.15, 0.2) is 6.20 Å². The normalized spacial score (nSPS) is 17.9. The van der Waals surface area contributed by atoms with Crippen LogP contribution in [0.1, 0.15) is 24.1 Å². The molecule has 2 rings (SSSR count). The highest BCUT2D eigenvalue weighted by Gasteiger charge is 2.09. The molecule has 4 heteroatoms. The molecule has 0 atom stereocenters. The first kappa shape index (κ1) is 10.9. The fourth-order valence-electron chi connectivity index (χ4n) is 1.94. The summed E-state index contributed by atoms with van der Waals surface area (Å²) in [5.74, 6) is 0. The van der Waals surface area contributed by atoms with Gasteiger partial charge in [0.15, 0.2) is 5.13 Å². The molecule has 15 heavy (non-hydrogen) atoms. The number of aromatic nitrogens is 1. The van der Waals surface area contributed by atoms with Gasteiger partial charge in [0.25, 0.3) is 0 Å². The average Bonchev–Trinajstić information content (AvgIpc) is 2.66. The molecule has 84 valence electrons. The fourth-order valence-corrected chi connectivity index (χ4v) is 2.63. The summed E-state index contributed by atoms with van der Waals surface area (Å²) >= 11 is 1.73. The maximum Gasteiger partial charge on any atom is 0.182 e. The molecule has 0 saturated carbocycles. The fraction of sp³-hybridized carbons (Fsp3) is 0.727. The third-order valence-electron chi connectivity index (χ3n) is 2.77. The van der Waals surface area contributed by atoms with Crippen molar-refractivity contribution in [2.45, 2.75) is 26.2 Å². The molecule has 0 spiro atoms. The molecule has 0 aromatic carbocycles. The maximum atomic E-state index is 4.29. The number of thiazole rings is 1. The third-order valence-corrected chi connectivity index (χ3v) is 3.64. The van der Waals surface area contributed by atoms with Gasteiger partial charge in [-0.3, -0.25) is 0 Å². The van der Waals surface area contributed by atoms with Gasteiger partial charge in [-0.15, -0.1) is 11.3 Å². The van der Waals surface area contributed by atoms with Gasteiger partial charge in [-0.1, -0.05) is 6.42 Å². The Morgan fingerprint density at radius 2 is 2.20 bits per heavy atom. The Bertz CT molecular complexity index is 292. The molecule has 0 radical (unpaired) electrons. The SMILES string of the molecule is Cc1cnc(NCCN2CCCCC2)s1. The Kier molecular flexibility index (Phi) is 3.97. The van der Waals surface area contributed by atoms with Gasteiger partial charge in [-0.05, 0) is 32.9 Å². The van der Waals surface area contributed by atoms with Crippen molar-refractivity contribution < 1.29 is 0 Å². The second kappa shape index (κ2) is 5.47. The lowest BCUT2D eigenvalue weighted by Gasteiger charge is -2.26. The number of rotatable bonds is 4. The highest BCUT2D eigenvalue weighted by atomic mass is 32.1.